The van der Waals surface area contributed by atoms with Crippen molar-refractivity contribution in [1.29, 1.82) is 0 Å². The number of benzene rings is 1. The molecule has 0 saturated carbocycles. The van der Waals surface area contributed by atoms with Crippen molar-refractivity contribution in [3.8, 4) is 0 Å². The number of likely N-dealkylation sites (N-methyl/N-ethyl adjacent to an activating group) is 1. The monoisotopic (exact) mass is 406 g/mol. The van der Waals surface area contributed by atoms with Crippen LogP contribution in [0, 0.1) is 5.92 Å². The quantitative estimate of drug-likeness (QED) is 0.557. The maximum atomic E-state index is 12.4. The molecule has 2 atom stereocenters. The Morgan fingerprint density at radius 2 is 1.66 bits per heavy atom. The Bertz CT molecular complexity index is 706. The summed E-state index contributed by atoms with van der Waals surface area (Å²) in [5.74, 6) is -1.21. The van der Waals surface area contributed by atoms with E-state index in [0.29, 0.717) is 6.42 Å². The average Bonchev–Trinajstić information content (AvgIpc) is 2.64. The number of carbonyl (C=O) groups excluding carboxylic acids is 4. The summed E-state index contributed by atoms with van der Waals surface area (Å²) in [6.07, 6.45) is -1.32. The van der Waals surface area contributed by atoms with Gasteiger partial charge in [-0.25, -0.2) is 10.2 Å². The Balaban J connectivity index is 2.68. The van der Waals surface area contributed by atoms with Crippen LogP contribution in [0.15, 0.2) is 30.3 Å². The molecular formula is C20H30N4O5. The molecule has 1 aromatic carbocycles. The minimum Gasteiger partial charge on any atom is -0.435 e. The van der Waals surface area contributed by atoms with Crippen LogP contribution in [0.25, 0.3) is 0 Å². The van der Waals surface area contributed by atoms with Crippen LogP contribution >= 0.6 is 0 Å². The van der Waals surface area contributed by atoms with Gasteiger partial charge in [0.05, 0.1) is 0 Å². The highest BCUT2D eigenvalue weighted by molar-refractivity contribution is 5.88. The van der Waals surface area contributed by atoms with Crippen LogP contribution in [-0.4, -0.2) is 55.0 Å². The highest BCUT2D eigenvalue weighted by atomic mass is 16.6. The van der Waals surface area contributed by atoms with Gasteiger partial charge in [-0.3, -0.25) is 19.8 Å². The van der Waals surface area contributed by atoms with Gasteiger partial charge in [-0.05, 0) is 17.9 Å². The molecule has 4 amide bonds. The predicted molar refractivity (Wildman–Crippen MR) is 107 cm³/mol. The summed E-state index contributed by atoms with van der Waals surface area (Å²) >= 11 is 0. The van der Waals surface area contributed by atoms with Crippen LogP contribution in [0.3, 0.4) is 0 Å². The second-order valence-electron chi connectivity index (χ2n) is 7.31. The third kappa shape index (κ3) is 9.09. The molecule has 0 aliphatic heterocycles. The van der Waals surface area contributed by atoms with E-state index in [9.17, 15) is 19.2 Å². The van der Waals surface area contributed by atoms with Gasteiger partial charge in [-0.1, -0.05) is 44.2 Å². The summed E-state index contributed by atoms with van der Waals surface area (Å²) in [4.78, 5) is 49.4. The molecule has 0 spiro atoms. The van der Waals surface area contributed by atoms with Crippen LogP contribution in [0.2, 0.25) is 0 Å². The van der Waals surface area contributed by atoms with Gasteiger partial charge in [-0.15, -0.1) is 0 Å². The van der Waals surface area contributed by atoms with Crippen LogP contribution in [0.1, 0.15) is 32.8 Å². The van der Waals surface area contributed by atoms with E-state index in [2.05, 4.69) is 16.2 Å². The largest absolute Gasteiger partial charge is 0.435 e. The zero-order chi connectivity index (χ0) is 22.0. The number of hydrazine groups is 1. The molecule has 160 valence electrons. The van der Waals surface area contributed by atoms with Crippen molar-refractivity contribution < 1.29 is 23.9 Å². The average molecular weight is 406 g/mol. The maximum Gasteiger partial charge on any atom is 0.426 e. The van der Waals surface area contributed by atoms with Crippen molar-refractivity contribution >= 4 is 23.8 Å². The number of carbonyl (C=O) groups is 4. The van der Waals surface area contributed by atoms with Crippen molar-refractivity contribution in [2.24, 2.45) is 5.92 Å². The molecular weight excluding hydrogens is 376 g/mol. The van der Waals surface area contributed by atoms with Crippen LogP contribution in [0.4, 0.5) is 4.79 Å². The third-order valence-electron chi connectivity index (χ3n) is 3.92. The second kappa shape index (κ2) is 11.7. The van der Waals surface area contributed by atoms with Crippen molar-refractivity contribution in [3.05, 3.63) is 35.9 Å². The van der Waals surface area contributed by atoms with E-state index in [-0.39, 0.29) is 24.2 Å². The fraction of sp³-hybridized carbons (Fsp3) is 0.500. The van der Waals surface area contributed by atoms with Gasteiger partial charge in [0.25, 0.3) is 11.8 Å². The molecule has 0 aliphatic carbocycles. The van der Waals surface area contributed by atoms with Crippen molar-refractivity contribution in [2.45, 2.75) is 45.8 Å². The topological polar surface area (TPSA) is 117 Å². The van der Waals surface area contributed by atoms with Gasteiger partial charge >= 0.3 is 6.09 Å². The third-order valence-corrected chi connectivity index (χ3v) is 3.92. The molecule has 1 rings (SSSR count). The van der Waals surface area contributed by atoms with Gasteiger partial charge in [-0.2, -0.15) is 0 Å². The van der Waals surface area contributed by atoms with E-state index in [4.69, 9.17) is 4.74 Å². The molecule has 3 N–H and O–H groups in total. The lowest BCUT2D eigenvalue weighted by Gasteiger charge is -2.23. The summed E-state index contributed by atoms with van der Waals surface area (Å²) in [7, 11) is 3.14. The predicted octanol–water partition coefficient (Wildman–Crippen LogP) is 0.994. The molecule has 1 aromatic rings. The molecule has 0 bridgehead atoms. The number of hydrogen-bond acceptors (Lipinski definition) is 5. The number of ether oxygens (including phenoxy) is 1. The van der Waals surface area contributed by atoms with Crippen LogP contribution < -0.4 is 16.2 Å². The highest BCUT2D eigenvalue weighted by Gasteiger charge is 2.26. The van der Waals surface area contributed by atoms with E-state index < -0.39 is 24.1 Å². The Morgan fingerprint density at radius 3 is 2.17 bits per heavy atom. The van der Waals surface area contributed by atoms with Crippen molar-refractivity contribution in [1.82, 2.24) is 21.1 Å². The molecule has 0 radical (unpaired) electrons. The van der Waals surface area contributed by atoms with E-state index >= 15 is 0 Å². The van der Waals surface area contributed by atoms with E-state index in [0.717, 1.165) is 5.56 Å². The lowest BCUT2D eigenvalue weighted by atomic mass is 10.1. The first kappa shape index (κ1) is 23.9. The molecule has 9 heteroatoms. The number of nitrogens with one attached hydrogen (secondary N) is 3. The minimum absolute atomic E-state index is 0.126. The summed E-state index contributed by atoms with van der Waals surface area (Å²) in [6.45, 7) is 5.11. The number of nitrogens with zero attached hydrogens (tertiary/aromatic N) is 1. The maximum absolute atomic E-state index is 12.4. The zero-order valence-electron chi connectivity index (χ0n) is 17.5. The fourth-order valence-corrected chi connectivity index (χ4v) is 2.58. The van der Waals surface area contributed by atoms with Crippen LogP contribution in [-0.2, 0) is 25.5 Å². The first-order valence-corrected chi connectivity index (χ1v) is 9.38. The van der Waals surface area contributed by atoms with Gasteiger partial charge in [0.15, 0.2) is 6.10 Å². The SMILES string of the molecule is CC(=O)NC(Cc1ccccc1)C(=O)NNC(=O)OC(CC(C)C)C(=O)N(C)C. The Labute approximate surface area is 171 Å². The van der Waals surface area contributed by atoms with E-state index in [1.54, 1.807) is 14.1 Å². The first-order valence-electron chi connectivity index (χ1n) is 9.38. The van der Waals surface area contributed by atoms with Gasteiger partial charge in [0.2, 0.25) is 5.91 Å². The summed E-state index contributed by atoms with van der Waals surface area (Å²) in [6, 6.07) is 8.26. The Hall–Kier alpha value is -3.10. The summed E-state index contributed by atoms with van der Waals surface area (Å²) in [5.41, 5.74) is 5.21. The minimum atomic E-state index is -0.961. The summed E-state index contributed by atoms with van der Waals surface area (Å²) in [5, 5.41) is 2.55. The lowest BCUT2D eigenvalue weighted by molar-refractivity contribution is -0.138. The number of rotatable bonds is 8. The normalized spacial score (nSPS) is 12.5. The zero-order valence-corrected chi connectivity index (χ0v) is 17.5. The molecule has 0 fully saturated rings. The van der Waals surface area contributed by atoms with E-state index in [1.807, 2.05) is 44.2 Å². The molecule has 0 aromatic heterocycles. The summed E-state index contributed by atoms with van der Waals surface area (Å²) < 4.78 is 5.17. The number of hydrogen-bond donors (Lipinski definition) is 3. The van der Waals surface area contributed by atoms with Gasteiger partial charge in [0.1, 0.15) is 6.04 Å². The van der Waals surface area contributed by atoms with Crippen molar-refractivity contribution in [3.63, 3.8) is 0 Å². The Kier molecular flexibility index (Phi) is 9.64. The lowest BCUT2D eigenvalue weighted by Crippen LogP contribution is -2.53. The van der Waals surface area contributed by atoms with Gasteiger partial charge < -0.3 is 15.0 Å². The molecule has 2 unspecified atom stereocenters. The molecule has 0 saturated heterocycles. The smallest absolute Gasteiger partial charge is 0.426 e. The molecule has 0 aliphatic rings. The molecule has 9 nitrogen and oxygen atoms in total. The van der Waals surface area contributed by atoms with E-state index in [1.165, 1.54) is 11.8 Å². The van der Waals surface area contributed by atoms with Crippen LogP contribution in [0.5, 0.6) is 0 Å². The van der Waals surface area contributed by atoms with Gasteiger partial charge in [0, 0.05) is 27.4 Å². The number of amides is 4. The highest BCUT2D eigenvalue weighted by Crippen LogP contribution is 2.10. The first-order chi connectivity index (χ1) is 13.6. The molecule has 29 heavy (non-hydrogen) atoms. The second-order valence-corrected chi connectivity index (χ2v) is 7.31. The standard InChI is InChI=1S/C20H30N4O5/c1-13(2)11-17(19(27)24(4)5)29-20(28)23-22-18(26)16(21-14(3)25)12-15-9-7-6-8-10-15/h6-10,13,16-17H,11-12H2,1-5H3,(H,21,25)(H,22,26)(H,23,28). The Morgan fingerprint density at radius 1 is 1.03 bits per heavy atom. The van der Waals surface area contributed by atoms with Crippen molar-refractivity contribution in [2.75, 3.05) is 14.1 Å². The molecule has 0 heterocycles. The fourth-order valence-electron chi connectivity index (χ4n) is 2.58.